The van der Waals surface area contributed by atoms with Crippen LogP contribution in [0.5, 0.6) is 0 Å². The normalized spacial score (nSPS) is 10.8. The molecule has 0 spiro atoms. The molecule has 1 aromatic heterocycles. The molecule has 106 valence electrons. The van der Waals surface area contributed by atoms with Gasteiger partial charge in [-0.2, -0.15) is 0 Å². The van der Waals surface area contributed by atoms with E-state index in [0.29, 0.717) is 11.5 Å². The standard InChI is InChI=1S/C18H17NO2/c1-12-7-6-8-13(2)16(12)18-15(11-20)17(19-21-18)14-9-4-3-5-10-14/h3-10,20H,11H2,1-2H3. The van der Waals surface area contributed by atoms with Gasteiger partial charge in [0.15, 0.2) is 5.76 Å². The van der Waals surface area contributed by atoms with Crippen LogP contribution in [0.25, 0.3) is 22.6 Å². The number of aromatic nitrogens is 1. The number of aliphatic hydroxyl groups is 1. The summed E-state index contributed by atoms with van der Waals surface area (Å²) in [5.74, 6) is 0.659. The largest absolute Gasteiger partial charge is 0.391 e. The molecule has 21 heavy (non-hydrogen) atoms. The Morgan fingerprint density at radius 3 is 2.24 bits per heavy atom. The lowest BCUT2D eigenvalue weighted by Gasteiger charge is -2.07. The second-order valence-electron chi connectivity index (χ2n) is 5.13. The van der Waals surface area contributed by atoms with Gasteiger partial charge in [-0.3, -0.25) is 0 Å². The van der Waals surface area contributed by atoms with E-state index in [1.807, 2.05) is 62.4 Å². The Balaban J connectivity index is 2.20. The zero-order chi connectivity index (χ0) is 14.8. The number of aliphatic hydroxyl groups excluding tert-OH is 1. The van der Waals surface area contributed by atoms with E-state index >= 15 is 0 Å². The minimum atomic E-state index is -0.100. The van der Waals surface area contributed by atoms with Crippen molar-refractivity contribution in [2.75, 3.05) is 0 Å². The van der Waals surface area contributed by atoms with Crippen molar-refractivity contribution in [2.24, 2.45) is 0 Å². The van der Waals surface area contributed by atoms with Crippen LogP contribution >= 0.6 is 0 Å². The van der Waals surface area contributed by atoms with Crippen molar-refractivity contribution in [1.82, 2.24) is 5.16 Å². The maximum absolute atomic E-state index is 9.79. The predicted molar refractivity (Wildman–Crippen MR) is 82.8 cm³/mol. The second kappa shape index (κ2) is 5.54. The molecule has 1 heterocycles. The van der Waals surface area contributed by atoms with E-state index in [2.05, 4.69) is 5.16 Å². The van der Waals surface area contributed by atoms with Gasteiger partial charge in [-0.1, -0.05) is 53.7 Å². The molecule has 3 aromatic rings. The summed E-state index contributed by atoms with van der Waals surface area (Å²) >= 11 is 0. The molecule has 3 nitrogen and oxygen atoms in total. The number of rotatable bonds is 3. The third kappa shape index (κ3) is 2.36. The van der Waals surface area contributed by atoms with Gasteiger partial charge in [0.2, 0.25) is 0 Å². The summed E-state index contributed by atoms with van der Waals surface area (Å²) in [6, 6.07) is 15.9. The van der Waals surface area contributed by atoms with Crippen LogP contribution in [-0.4, -0.2) is 10.3 Å². The first kappa shape index (κ1) is 13.6. The minimum absolute atomic E-state index is 0.100. The molecule has 3 heteroatoms. The van der Waals surface area contributed by atoms with Crippen LogP contribution in [0.2, 0.25) is 0 Å². The van der Waals surface area contributed by atoms with Gasteiger partial charge in [-0.05, 0) is 25.0 Å². The van der Waals surface area contributed by atoms with Crippen LogP contribution in [0.15, 0.2) is 53.1 Å². The Morgan fingerprint density at radius 2 is 1.62 bits per heavy atom. The number of hydrogen-bond donors (Lipinski definition) is 1. The highest BCUT2D eigenvalue weighted by Gasteiger charge is 2.20. The van der Waals surface area contributed by atoms with E-state index in [1.54, 1.807) is 0 Å². The average molecular weight is 279 g/mol. The molecule has 3 rings (SSSR count). The number of benzene rings is 2. The molecule has 2 aromatic carbocycles. The zero-order valence-electron chi connectivity index (χ0n) is 12.1. The van der Waals surface area contributed by atoms with Gasteiger partial charge >= 0.3 is 0 Å². The number of hydrogen-bond acceptors (Lipinski definition) is 3. The molecule has 0 unspecified atom stereocenters. The molecule has 0 aliphatic rings. The summed E-state index contributed by atoms with van der Waals surface area (Å²) in [5.41, 5.74) is 5.62. The van der Waals surface area contributed by atoms with Gasteiger partial charge in [0.1, 0.15) is 5.69 Å². The molecule has 0 atom stereocenters. The van der Waals surface area contributed by atoms with Gasteiger partial charge in [0, 0.05) is 11.1 Å². The zero-order valence-corrected chi connectivity index (χ0v) is 12.1. The van der Waals surface area contributed by atoms with Crippen LogP contribution in [0, 0.1) is 13.8 Å². The molecule has 0 bridgehead atoms. The van der Waals surface area contributed by atoms with Crippen molar-refractivity contribution in [3.8, 4) is 22.6 Å². The van der Waals surface area contributed by atoms with Crippen LogP contribution in [0.1, 0.15) is 16.7 Å². The van der Waals surface area contributed by atoms with E-state index in [9.17, 15) is 5.11 Å². The quantitative estimate of drug-likeness (QED) is 0.784. The molecule has 0 saturated carbocycles. The monoisotopic (exact) mass is 279 g/mol. The first-order valence-corrected chi connectivity index (χ1v) is 6.93. The van der Waals surface area contributed by atoms with E-state index in [1.165, 1.54) is 0 Å². The smallest absolute Gasteiger partial charge is 0.173 e. The second-order valence-corrected chi connectivity index (χ2v) is 5.13. The Kier molecular flexibility index (Phi) is 3.59. The first-order chi connectivity index (χ1) is 10.2. The summed E-state index contributed by atoms with van der Waals surface area (Å²) in [5, 5.41) is 14.0. The Labute approximate surface area is 123 Å². The third-order valence-corrected chi connectivity index (χ3v) is 3.70. The third-order valence-electron chi connectivity index (χ3n) is 3.70. The summed E-state index contributed by atoms with van der Waals surface area (Å²) < 4.78 is 5.58. The van der Waals surface area contributed by atoms with Gasteiger partial charge in [0.25, 0.3) is 0 Å². The fourth-order valence-electron chi connectivity index (χ4n) is 2.65. The summed E-state index contributed by atoms with van der Waals surface area (Å²) in [7, 11) is 0. The van der Waals surface area contributed by atoms with Crippen LogP contribution in [0.3, 0.4) is 0 Å². The van der Waals surface area contributed by atoms with E-state index in [-0.39, 0.29) is 6.61 Å². The fourth-order valence-corrected chi connectivity index (χ4v) is 2.65. The molecule has 0 aliphatic heterocycles. The van der Waals surface area contributed by atoms with Gasteiger partial charge in [0.05, 0.1) is 12.2 Å². The van der Waals surface area contributed by atoms with E-state index < -0.39 is 0 Å². The molecule has 1 N–H and O–H groups in total. The lowest BCUT2D eigenvalue weighted by atomic mass is 9.96. The van der Waals surface area contributed by atoms with Gasteiger partial charge < -0.3 is 9.63 Å². The molecule has 0 aliphatic carbocycles. The lowest BCUT2D eigenvalue weighted by Crippen LogP contribution is -1.92. The van der Waals surface area contributed by atoms with Crippen molar-refractivity contribution < 1.29 is 9.63 Å². The van der Waals surface area contributed by atoms with Crippen molar-refractivity contribution in [2.45, 2.75) is 20.5 Å². The van der Waals surface area contributed by atoms with Crippen LogP contribution in [-0.2, 0) is 6.61 Å². The van der Waals surface area contributed by atoms with Crippen molar-refractivity contribution in [3.05, 3.63) is 65.2 Å². The number of nitrogens with zero attached hydrogens (tertiary/aromatic N) is 1. The molecular formula is C18H17NO2. The predicted octanol–water partition coefficient (Wildman–Crippen LogP) is 4.12. The van der Waals surface area contributed by atoms with Crippen LogP contribution < -0.4 is 0 Å². The molecule has 0 fully saturated rings. The van der Waals surface area contributed by atoms with Crippen molar-refractivity contribution >= 4 is 0 Å². The summed E-state index contributed by atoms with van der Waals surface area (Å²) in [6.07, 6.45) is 0. The van der Waals surface area contributed by atoms with Crippen molar-refractivity contribution in [1.29, 1.82) is 0 Å². The molecular weight excluding hydrogens is 262 g/mol. The Hall–Kier alpha value is -2.39. The Bertz CT molecular complexity index is 740. The van der Waals surface area contributed by atoms with Gasteiger partial charge in [-0.15, -0.1) is 0 Å². The first-order valence-electron chi connectivity index (χ1n) is 6.93. The van der Waals surface area contributed by atoms with Crippen LogP contribution in [0.4, 0.5) is 0 Å². The lowest BCUT2D eigenvalue weighted by molar-refractivity contribution is 0.281. The van der Waals surface area contributed by atoms with E-state index in [4.69, 9.17) is 4.52 Å². The average Bonchev–Trinajstić information content (AvgIpc) is 2.91. The highest BCUT2D eigenvalue weighted by atomic mass is 16.5. The molecule has 0 amide bonds. The molecule has 0 saturated heterocycles. The minimum Gasteiger partial charge on any atom is -0.391 e. The van der Waals surface area contributed by atoms with Gasteiger partial charge in [-0.25, -0.2) is 0 Å². The maximum atomic E-state index is 9.79. The fraction of sp³-hybridized carbons (Fsp3) is 0.167. The number of aryl methyl sites for hydroxylation is 2. The summed E-state index contributed by atoms with van der Waals surface area (Å²) in [6.45, 7) is 3.97. The topological polar surface area (TPSA) is 46.3 Å². The molecule has 0 radical (unpaired) electrons. The Morgan fingerprint density at radius 1 is 0.952 bits per heavy atom. The van der Waals surface area contributed by atoms with E-state index in [0.717, 1.165) is 27.8 Å². The highest BCUT2D eigenvalue weighted by Crippen LogP contribution is 2.35. The SMILES string of the molecule is Cc1cccc(C)c1-c1onc(-c2ccccc2)c1CO. The highest BCUT2D eigenvalue weighted by molar-refractivity contribution is 5.75. The summed E-state index contributed by atoms with van der Waals surface area (Å²) in [4.78, 5) is 0. The van der Waals surface area contributed by atoms with Crippen molar-refractivity contribution in [3.63, 3.8) is 0 Å². The maximum Gasteiger partial charge on any atom is 0.173 e.